The molecule has 204 valence electrons. The van der Waals surface area contributed by atoms with Gasteiger partial charge in [0.25, 0.3) is 17.4 Å². The van der Waals surface area contributed by atoms with E-state index in [1.54, 1.807) is 28.8 Å². The number of imide groups is 1. The molecule has 0 fully saturated rings. The van der Waals surface area contributed by atoms with Gasteiger partial charge >= 0.3 is 12.1 Å². The molecule has 2 amide bonds. The third-order valence-corrected chi connectivity index (χ3v) is 7.25. The zero-order valence-electron chi connectivity index (χ0n) is 21.3. The van der Waals surface area contributed by atoms with Crippen LogP contribution < -0.4 is 5.56 Å². The van der Waals surface area contributed by atoms with Crippen molar-refractivity contribution in [2.45, 2.75) is 39.0 Å². The maximum atomic E-state index is 13.5. The van der Waals surface area contributed by atoms with Crippen molar-refractivity contribution in [3.63, 3.8) is 0 Å². The predicted octanol–water partition coefficient (Wildman–Crippen LogP) is 2.26. The summed E-state index contributed by atoms with van der Waals surface area (Å²) >= 11 is 0. The van der Waals surface area contributed by atoms with E-state index in [9.17, 15) is 29.1 Å². The van der Waals surface area contributed by atoms with Crippen LogP contribution in [0, 0.1) is 0 Å². The second-order valence-corrected chi connectivity index (χ2v) is 9.55. The highest BCUT2D eigenvalue weighted by molar-refractivity contribution is 6.12. The molecule has 0 spiro atoms. The molecule has 0 radical (unpaired) electrons. The van der Waals surface area contributed by atoms with E-state index in [-0.39, 0.29) is 55.2 Å². The number of phenolic OH excluding ortho intramolecular Hbond substituents is 1. The molecule has 12 nitrogen and oxygen atoms in total. The van der Waals surface area contributed by atoms with Crippen molar-refractivity contribution in [3.05, 3.63) is 69.0 Å². The number of esters is 1. The van der Waals surface area contributed by atoms with Crippen LogP contribution in [0.25, 0.3) is 22.3 Å². The molecule has 40 heavy (non-hydrogen) atoms. The number of aryl methyl sites for hydroxylation is 1. The number of phenols is 1. The van der Waals surface area contributed by atoms with Gasteiger partial charge in [0.15, 0.2) is 0 Å². The molecule has 0 bridgehead atoms. The number of aromatic nitrogens is 2. The third kappa shape index (κ3) is 4.08. The molecule has 2 aromatic heterocycles. The van der Waals surface area contributed by atoms with Crippen LogP contribution in [0.1, 0.15) is 41.7 Å². The zero-order valence-corrected chi connectivity index (χ0v) is 21.3. The van der Waals surface area contributed by atoms with Crippen LogP contribution in [0.4, 0.5) is 4.79 Å². The first-order valence-electron chi connectivity index (χ1n) is 12.7. The molecular weight excluding hydrogens is 522 g/mol. The Labute approximate surface area is 226 Å². The van der Waals surface area contributed by atoms with E-state index in [0.717, 1.165) is 33.6 Å². The minimum absolute atomic E-state index is 0.0512. The first-order chi connectivity index (χ1) is 19.3. The van der Waals surface area contributed by atoms with Crippen molar-refractivity contribution >= 4 is 34.8 Å². The summed E-state index contributed by atoms with van der Waals surface area (Å²) in [6.45, 7) is 1.86. The van der Waals surface area contributed by atoms with E-state index in [4.69, 9.17) is 19.2 Å². The van der Waals surface area contributed by atoms with Crippen LogP contribution >= 0.6 is 0 Å². The number of ether oxygens (including phenoxy) is 3. The molecule has 12 heteroatoms. The Morgan fingerprint density at radius 1 is 1.12 bits per heavy atom. The van der Waals surface area contributed by atoms with Crippen molar-refractivity contribution in [1.29, 1.82) is 0 Å². The van der Waals surface area contributed by atoms with Crippen LogP contribution in [0.5, 0.6) is 5.75 Å². The van der Waals surface area contributed by atoms with Crippen LogP contribution in [0.15, 0.2) is 41.2 Å². The van der Waals surface area contributed by atoms with Crippen molar-refractivity contribution in [1.82, 2.24) is 14.5 Å². The molecule has 0 saturated heterocycles. The molecule has 3 aliphatic heterocycles. The average molecular weight is 546 g/mol. The van der Waals surface area contributed by atoms with E-state index in [0.29, 0.717) is 23.3 Å². The Kier molecular flexibility index (Phi) is 6.09. The Bertz CT molecular complexity index is 1700. The molecule has 6 rings (SSSR count). The summed E-state index contributed by atoms with van der Waals surface area (Å²) in [7, 11) is 0. The summed E-state index contributed by atoms with van der Waals surface area (Å²) < 4.78 is 17.0. The van der Waals surface area contributed by atoms with Crippen molar-refractivity contribution in [2.75, 3.05) is 13.2 Å². The number of aromatic hydroxyl groups is 1. The van der Waals surface area contributed by atoms with Crippen LogP contribution in [-0.2, 0) is 48.2 Å². The summed E-state index contributed by atoms with van der Waals surface area (Å²) in [6.07, 6.45) is 0.449. The predicted molar refractivity (Wildman–Crippen MR) is 137 cm³/mol. The summed E-state index contributed by atoms with van der Waals surface area (Å²) in [4.78, 5) is 67.6. The number of carbonyl (C=O) groups is 4. The topological polar surface area (TPSA) is 154 Å². The SMILES string of the molecule is CCc1c2c(nc3ccc(O)cc13)-c1cc3c(c(=O)n1C2)COC(=O)C3OC(=O)OCCCN1C(=O)C=CC1=O. The maximum Gasteiger partial charge on any atom is 0.509 e. The van der Waals surface area contributed by atoms with Crippen LogP contribution in [-0.4, -0.2) is 56.6 Å². The Hall–Kier alpha value is -5.00. The van der Waals surface area contributed by atoms with Crippen molar-refractivity contribution in [3.8, 4) is 17.1 Å². The number of nitrogens with zero attached hydrogens (tertiary/aromatic N) is 3. The molecule has 1 N–H and O–H groups in total. The van der Waals surface area contributed by atoms with Crippen molar-refractivity contribution in [2.24, 2.45) is 0 Å². The molecule has 3 aromatic rings. The van der Waals surface area contributed by atoms with Gasteiger partial charge in [-0.1, -0.05) is 6.92 Å². The highest BCUT2D eigenvalue weighted by Crippen LogP contribution is 2.39. The van der Waals surface area contributed by atoms with Gasteiger partial charge in [-0.05, 0) is 42.7 Å². The van der Waals surface area contributed by atoms with Gasteiger partial charge in [-0.15, -0.1) is 0 Å². The molecule has 1 aromatic carbocycles. The molecule has 0 aliphatic carbocycles. The van der Waals surface area contributed by atoms with E-state index < -0.39 is 30.0 Å². The monoisotopic (exact) mass is 545 g/mol. The van der Waals surface area contributed by atoms with E-state index >= 15 is 0 Å². The van der Waals surface area contributed by atoms with Crippen LogP contribution in [0.2, 0.25) is 0 Å². The highest BCUT2D eigenvalue weighted by Gasteiger charge is 2.38. The van der Waals surface area contributed by atoms with Crippen LogP contribution in [0.3, 0.4) is 0 Å². The molecule has 1 atom stereocenters. The van der Waals surface area contributed by atoms with Gasteiger partial charge in [-0.3, -0.25) is 19.3 Å². The standard InChI is InChI=1S/C28H23N3O9/c1-2-15-16-10-14(32)4-5-20(16)29-24-18(15)12-31-21(24)11-17-19(26(31)35)13-39-27(36)25(17)40-28(37)38-9-3-8-30-22(33)6-7-23(30)34/h4-7,10-11,25,32H,2-3,8-9,12-13H2,1H3. The lowest BCUT2D eigenvalue weighted by Gasteiger charge is -2.24. The molecule has 0 saturated carbocycles. The van der Waals surface area contributed by atoms with Gasteiger partial charge < -0.3 is 23.9 Å². The number of benzene rings is 1. The number of fused-ring (bicyclic) bond motifs is 5. The molecule has 1 unspecified atom stereocenters. The third-order valence-electron chi connectivity index (χ3n) is 7.25. The van der Waals surface area contributed by atoms with E-state index in [1.807, 2.05) is 6.92 Å². The fourth-order valence-corrected chi connectivity index (χ4v) is 5.36. The Morgan fingerprint density at radius 2 is 1.90 bits per heavy atom. The number of cyclic esters (lactones) is 1. The normalized spacial score (nSPS) is 17.1. The summed E-state index contributed by atoms with van der Waals surface area (Å²) in [6, 6.07) is 6.52. The van der Waals surface area contributed by atoms with Gasteiger partial charge in [0.05, 0.1) is 35.6 Å². The summed E-state index contributed by atoms with van der Waals surface area (Å²) in [5.41, 5.74) is 3.50. The van der Waals surface area contributed by atoms with Gasteiger partial charge in [0.1, 0.15) is 12.4 Å². The molecular formula is C28H23N3O9. The van der Waals surface area contributed by atoms with E-state index in [2.05, 4.69) is 0 Å². The number of hydrogen-bond acceptors (Lipinski definition) is 10. The Morgan fingerprint density at radius 3 is 2.65 bits per heavy atom. The van der Waals surface area contributed by atoms with E-state index in [1.165, 1.54) is 0 Å². The lowest BCUT2D eigenvalue weighted by molar-refractivity contribution is -0.159. The maximum absolute atomic E-state index is 13.5. The summed E-state index contributed by atoms with van der Waals surface area (Å²) in [5, 5.41) is 10.8. The first-order valence-corrected chi connectivity index (χ1v) is 12.7. The first kappa shape index (κ1) is 25.3. The van der Waals surface area contributed by atoms with Gasteiger partial charge in [-0.2, -0.15) is 0 Å². The number of amides is 2. The number of rotatable bonds is 6. The van der Waals surface area contributed by atoms with Gasteiger partial charge in [0.2, 0.25) is 6.10 Å². The lowest BCUT2D eigenvalue weighted by atomic mass is 9.97. The van der Waals surface area contributed by atoms with Gasteiger partial charge in [-0.25, -0.2) is 14.6 Å². The fraction of sp³-hybridized carbons (Fsp3) is 0.286. The second kappa shape index (κ2) is 9.63. The minimum atomic E-state index is -1.52. The zero-order chi connectivity index (χ0) is 28.1. The average Bonchev–Trinajstić information content (AvgIpc) is 3.46. The largest absolute Gasteiger partial charge is 0.509 e. The summed E-state index contributed by atoms with van der Waals surface area (Å²) in [5.74, 6) is -1.62. The smallest absolute Gasteiger partial charge is 0.508 e. The quantitative estimate of drug-likeness (QED) is 0.217. The number of carbonyl (C=O) groups excluding carboxylic acids is 4. The number of hydrogen-bond donors (Lipinski definition) is 1. The highest BCUT2D eigenvalue weighted by atomic mass is 16.7. The second-order valence-electron chi connectivity index (χ2n) is 9.55. The minimum Gasteiger partial charge on any atom is -0.508 e. The van der Waals surface area contributed by atoms with Gasteiger partial charge in [0, 0.05) is 35.2 Å². The number of pyridine rings is 2. The van der Waals surface area contributed by atoms with Crippen molar-refractivity contribution < 1.29 is 38.5 Å². The molecule has 3 aliphatic rings. The lowest BCUT2D eigenvalue weighted by Crippen LogP contribution is -2.34. The molecule has 5 heterocycles. The Balaban J connectivity index is 1.26. The fourth-order valence-electron chi connectivity index (χ4n) is 5.36.